The molecule has 2 N–H and O–H groups in total. The largest absolute Gasteiger partial charge is 0.352 e. The summed E-state index contributed by atoms with van der Waals surface area (Å²) in [6.45, 7) is 4.30. The maximum atomic E-state index is 13.3. The third-order valence-electron chi connectivity index (χ3n) is 2.26. The van der Waals surface area contributed by atoms with Crippen LogP contribution in [0, 0.1) is 5.82 Å². The highest BCUT2D eigenvalue weighted by Crippen LogP contribution is 2.13. The van der Waals surface area contributed by atoms with Crippen molar-refractivity contribution in [3.05, 3.63) is 29.6 Å². The van der Waals surface area contributed by atoms with Crippen LogP contribution in [0.3, 0.4) is 0 Å². The van der Waals surface area contributed by atoms with Crippen LogP contribution in [0.25, 0.3) is 0 Å². The number of thiol groups is 1. The van der Waals surface area contributed by atoms with Crippen molar-refractivity contribution in [2.75, 3.05) is 19.6 Å². The number of nitrogens with one attached hydrogen (secondary N) is 2. The first-order valence-electron chi connectivity index (χ1n) is 5.62. The summed E-state index contributed by atoms with van der Waals surface area (Å²) < 4.78 is 13.3. The van der Waals surface area contributed by atoms with Crippen molar-refractivity contribution < 1.29 is 9.18 Å². The zero-order valence-corrected chi connectivity index (χ0v) is 10.7. The number of hydrogen-bond donors (Lipinski definition) is 3. The summed E-state index contributed by atoms with van der Waals surface area (Å²) in [6.07, 6.45) is 0.821. The van der Waals surface area contributed by atoms with Crippen LogP contribution in [0.5, 0.6) is 0 Å². The van der Waals surface area contributed by atoms with E-state index in [-0.39, 0.29) is 5.56 Å². The van der Waals surface area contributed by atoms with Crippen LogP contribution in [-0.4, -0.2) is 25.5 Å². The number of rotatable bonds is 6. The van der Waals surface area contributed by atoms with Gasteiger partial charge < -0.3 is 10.6 Å². The second-order valence-electron chi connectivity index (χ2n) is 3.63. The second kappa shape index (κ2) is 7.29. The van der Waals surface area contributed by atoms with Gasteiger partial charge in [-0.3, -0.25) is 4.79 Å². The molecule has 0 saturated heterocycles. The van der Waals surface area contributed by atoms with Crippen molar-refractivity contribution >= 4 is 18.5 Å². The summed E-state index contributed by atoms with van der Waals surface area (Å²) in [5, 5.41) is 5.82. The molecule has 0 saturated carbocycles. The van der Waals surface area contributed by atoms with Crippen LogP contribution >= 0.6 is 12.6 Å². The first-order valence-corrected chi connectivity index (χ1v) is 6.07. The third kappa shape index (κ3) is 4.75. The molecule has 1 amide bonds. The van der Waals surface area contributed by atoms with Crippen LogP contribution in [0.4, 0.5) is 4.39 Å². The molecule has 94 valence electrons. The van der Waals surface area contributed by atoms with Crippen molar-refractivity contribution in [3.8, 4) is 0 Å². The predicted octanol–water partition coefficient (Wildman–Crippen LogP) is 1.84. The summed E-state index contributed by atoms with van der Waals surface area (Å²) in [4.78, 5) is 12.2. The molecule has 0 aliphatic rings. The zero-order chi connectivity index (χ0) is 12.7. The van der Waals surface area contributed by atoms with Crippen molar-refractivity contribution in [2.24, 2.45) is 0 Å². The Hall–Kier alpha value is -1.07. The Labute approximate surface area is 106 Å². The van der Waals surface area contributed by atoms with Gasteiger partial charge in [0.2, 0.25) is 0 Å². The van der Waals surface area contributed by atoms with Gasteiger partial charge in [-0.15, -0.1) is 12.6 Å². The fraction of sp³-hybridized carbons (Fsp3) is 0.417. The fourth-order valence-corrected chi connectivity index (χ4v) is 1.58. The first kappa shape index (κ1) is 14.0. The summed E-state index contributed by atoms with van der Waals surface area (Å²) in [5.74, 6) is -0.915. The molecule has 0 atom stereocenters. The topological polar surface area (TPSA) is 41.1 Å². The molecule has 0 aromatic heterocycles. The molecule has 5 heteroatoms. The lowest BCUT2D eigenvalue weighted by molar-refractivity contribution is 0.0949. The lowest BCUT2D eigenvalue weighted by Gasteiger charge is -2.06. The van der Waals surface area contributed by atoms with Crippen molar-refractivity contribution in [3.63, 3.8) is 0 Å². The molecule has 3 nitrogen and oxygen atoms in total. The zero-order valence-electron chi connectivity index (χ0n) is 9.79. The van der Waals surface area contributed by atoms with Crippen molar-refractivity contribution in [1.82, 2.24) is 10.6 Å². The first-order chi connectivity index (χ1) is 8.15. The molecule has 0 aliphatic heterocycles. The van der Waals surface area contributed by atoms with Gasteiger partial charge >= 0.3 is 0 Å². The van der Waals surface area contributed by atoms with Gasteiger partial charge in [0.1, 0.15) is 5.82 Å². The second-order valence-corrected chi connectivity index (χ2v) is 4.14. The highest BCUT2D eigenvalue weighted by atomic mass is 32.1. The quantitative estimate of drug-likeness (QED) is 0.537. The van der Waals surface area contributed by atoms with Gasteiger partial charge in [0, 0.05) is 11.4 Å². The highest BCUT2D eigenvalue weighted by Gasteiger charge is 2.10. The molecule has 0 spiro atoms. The molecule has 0 heterocycles. The number of halogens is 1. The minimum atomic E-state index is -0.521. The Morgan fingerprint density at radius 2 is 2.18 bits per heavy atom. The lowest BCUT2D eigenvalue weighted by Crippen LogP contribution is -2.28. The predicted molar refractivity (Wildman–Crippen MR) is 69.1 cm³/mol. The maximum Gasteiger partial charge on any atom is 0.254 e. The van der Waals surface area contributed by atoms with E-state index in [1.807, 2.05) is 6.92 Å². The molecule has 1 aromatic carbocycles. The molecule has 0 radical (unpaired) electrons. The molecular weight excluding hydrogens is 239 g/mol. The van der Waals surface area contributed by atoms with Gasteiger partial charge in [-0.2, -0.15) is 0 Å². The number of carbonyl (C=O) groups excluding carboxylic acids is 1. The van der Waals surface area contributed by atoms with E-state index in [4.69, 9.17) is 0 Å². The number of benzene rings is 1. The van der Waals surface area contributed by atoms with E-state index in [0.29, 0.717) is 11.4 Å². The van der Waals surface area contributed by atoms with E-state index in [1.165, 1.54) is 18.2 Å². The number of hydrogen-bond acceptors (Lipinski definition) is 3. The van der Waals surface area contributed by atoms with Gasteiger partial charge in [0.15, 0.2) is 0 Å². The fourth-order valence-electron chi connectivity index (χ4n) is 1.37. The van der Waals surface area contributed by atoms with Gasteiger partial charge in [-0.05, 0) is 37.7 Å². The molecule has 0 bridgehead atoms. The SMILES string of the molecule is CCNCCCNC(=O)c1cc(S)ccc1F. The van der Waals surface area contributed by atoms with E-state index < -0.39 is 11.7 Å². The average Bonchev–Trinajstić information content (AvgIpc) is 2.32. The van der Waals surface area contributed by atoms with Crippen molar-refractivity contribution in [1.29, 1.82) is 0 Å². The molecule has 1 aromatic rings. The van der Waals surface area contributed by atoms with Gasteiger partial charge in [0.25, 0.3) is 5.91 Å². The minimum Gasteiger partial charge on any atom is -0.352 e. The van der Waals surface area contributed by atoms with Crippen LogP contribution < -0.4 is 10.6 Å². The highest BCUT2D eigenvalue weighted by molar-refractivity contribution is 7.80. The molecule has 17 heavy (non-hydrogen) atoms. The van der Waals surface area contributed by atoms with E-state index in [1.54, 1.807) is 0 Å². The molecular formula is C12H17FN2OS. The summed E-state index contributed by atoms with van der Waals surface area (Å²) in [7, 11) is 0. The smallest absolute Gasteiger partial charge is 0.254 e. The van der Waals surface area contributed by atoms with Gasteiger partial charge in [-0.25, -0.2) is 4.39 Å². The summed E-state index contributed by atoms with van der Waals surface area (Å²) in [5.41, 5.74) is 0.0425. The molecule has 0 fully saturated rings. The third-order valence-corrected chi connectivity index (χ3v) is 2.54. The molecule has 1 rings (SSSR count). The van der Waals surface area contributed by atoms with E-state index in [0.717, 1.165) is 19.5 Å². The number of carbonyl (C=O) groups is 1. The van der Waals surface area contributed by atoms with Gasteiger partial charge in [-0.1, -0.05) is 6.92 Å². The Kier molecular flexibility index (Phi) is 6.00. The number of amides is 1. The average molecular weight is 256 g/mol. The summed E-state index contributed by atoms with van der Waals surface area (Å²) in [6, 6.07) is 4.19. The van der Waals surface area contributed by atoms with Crippen LogP contribution in [0.1, 0.15) is 23.7 Å². The van der Waals surface area contributed by atoms with E-state index in [9.17, 15) is 9.18 Å². The van der Waals surface area contributed by atoms with Crippen LogP contribution in [0.15, 0.2) is 23.1 Å². The van der Waals surface area contributed by atoms with Crippen LogP contribution in [0.2, 0.25) is 0 Å². The van der Waals surface area contributed by atoms with Crippen molar-refractivity contribution in [2.45, 2.75) is 18.2 Å². The standard InChI is InChI=1S/C12H17FN2OS/c1-2-14-6-3-7-15-12(16)10-8-9(17)4-5-11(10)13/h4-5,8,14,17H,2-3,6-7H2,1H3,(H,15,16). The van der Waals surface area contributed by atoms with Crippen LogP contribution in [-0.2, 0) is 0 Å². The van der Waals surface area contributed by atoms with E-state index >= 15 is 0 Å². The minimum absolute atomic E-state index is 0.0425. The van der Waals surface area contributed by atoms with E-state index in [2.05, 4.69) is 23.3 Å². The normalized spacial score (nSPS) is 10.3. The lowest BCUT2D eigenvalue weighted by atomic mass is 10.2. The Balaban J connectivity index is 2.44. The Morgan fingerprint density at radius 1 is 1.41 bits per heavy atom. The monoisotopic (exact) mass is 256 g/mol. The van der Waals surface area contributed by atoms with Gasteiger partial charge in [0.05, 0.1) is 5.56 Å². The molecule has 0 unspecified atom stereocenters. The summed E-state index contributed by atoms with van der Waals surface area (Å²) >= 11 is 4.08. The Bertz CT molecular complexity index is 385. The maximum absolute atomic E-state index is 13.3. The Morgan fingerprint density at radius 3 is 2.88 bits per heavy atom. The molecule has 0 aliphatic carbocycles.